The van der Waals surface area contributed by atoms with Gasteiger partial charge in [-0.2, -0.15) is 4.98 Å². The van der Waals surface area contributed by atoms with Crippen LogP contribution in [0.2, 0.25) is 0 Å². The molecular formula is C25H32N4O5. The number of nitrogens with zero attached hydrogens (tertiary/aromatic N) is 3. The standard InChI is InChI=1S/C25H32N4O5/c1-16(2)22(23(30)27-19-11-15-33-20-7-5-4-6-18(19)20)34-24(31)17-9-13-29(14-10-17)25-26-12-8-21(28-25)32-3/h4-8,12,16-17,19,22H,9-11,13-15H2,1-3H3,(H,27,30)/t19-,22+/m0/s1. The number of aromatic nitrogens is 2. The molecule has 0 bridgehead atoms. The maximum absolute atomic E-state index is 13.1. The van der Waals surface area contributed by atoms with Crippen molar-refractivity contribution in [3.63, 3.8) is 0 Å². The Bertz CT molecular complexity index is 1010. The fourth-order valence-electron chi connectivity index (χ4n) is 4.37. The third kappa shape index (κ3) is 5.40. The second-order valence-corrected chi connectivity index (χ2v) is 9.00. The van der Waals surface area contributed by atoms with Crippen molar-refractivity contribution in [2.75, 3.05) is 31.7 Å². The van der Waals surface area contributed by atoms with Crippen LogP contribution in [0.3, 0.4) is 0 Å². The van der Waals surface area contributed by atoms with Gasteiger partial charge in [-0.05, 0) is 24.8 Å². The van der Waals surface area contributed by atoms with Crippen LogP contribution in [-0.2, 0) is 14.3 Å². The van der Waals surface area contributed by atoms with Crippen LogP contribution in [0.4, 0.5) is 5.95 Å². The van der Waals surface area contributed by atoms with Crippen molar-refractivity contribution in [1.82, 2.24) is 15.3 Å². The summed E-state index contributed by atoms with van der Waals surface area (Å²) in [7, 11) is 1.57. The number of hydrogen-bond donors (Lipinski definition) is 1. The van der Waals surface area contributed by atoms with E-state index >= 15 is 0 Å². The predicted octanol–water partition coefficient (Wildman–Crippen LogP) is 2.91. The molecule has 1 N–H and O–H groups in total. The molecule has 0 radical (unpaired) electrons. The largest absolute Gasteiger partial charge is 0.493 e. The highest BCUT2D eigenvalue weighted by molar-refractivity contribution is 5.85. The highest BCUT2D eigenvalue weighted by Gasteiger charge is 2.34. The zero-order valence-corrected chi connectivity index (χ0v) is 19.9. The third-order valence-corrected chi connectivity index (χ3v) is 6.32. The van der Waals surface area contributed by atoms with Gasteiger partial charge < -0.3 is 24.4 Å². The number of anilines is 1. The van der Waals surface area contributed by atoms with Gasteiger partial charge in [0.05, 0.1) is 25.7 Å². The molecule has 0 spiro atoms. The van der Waals surface area contributed by atoms with Gasteiger partial charge in [0.25, 0.3) is 5.91 Å². The van der Waals surface area contributed by atoms with Crippen molar-refractivity contribution in [1.29, 1.82) is 0 Å². The van der Waals surface area contributed by atoms with Crippen LogP contribution in [0.1, 0.15) is 44.7 Å². The molecule has 1 fully saturated rings. The number of rotatable bonds is 7. The third-order valence-electron chi connectivity index (χ3n) is 6.32. The predicted molar refractivity (Wildman–Crippen MR) is 126 cm³/mol. The monoisotopic (exact) mass is 468 g/mol. The highest BCUT2D eigenvalue weighted by atomic mass is 16.5. The van der Waals surface area contributed by atoms with E-state index in [2.05, 4.69) is 15.3 Å². The van der Waals surface area contributed by atoms with Crippen molar-refractivity contribution in [2.24, 2.45) is 11.8 Å². The lowest BCUT2D eigenvalue weighted by Gasteiger charge is -2.32. The van der Waals surface area contributed by atoms with Crippen LogP contribution in [0.25, 0.3) is 0 Å². The Morgan fingerprint density at radius 1 is 1.15 bits per heavy atom. The summed E-state index contributed by atoms with van der Waals surface area (Å²) < 4.78 is 16.6. The molecular weight excluding hydrogens is 436 g/mol. The van der Waals surface area contributed by atoms with Gasteiger partial charge in [0.2, 0.25) is 11.8 Å². The molecule has 2 aromatic rings. The Hall–Kier alpha value is -3.36. The lowest BCUT2D eigenvalue weighted by atomic mass is 9.96. The van der Waals surface area contributed by atoms with Crippen LogP contribution >= 0.6 is 0 Å². The van der Waals surface area contributed by atoms with Gasteiger partial charge in [-0.1, -0.05) is 32.0 Å². The van der Waals surface area contributed by atoms with E-state index in [1.807, 2.05) is 43.0 Å². The number of hydrogen-bond acceptors (Lipinski definition) is 8. The number of carbonyl (C=O) groups excluding carboxylic acids is 2. The van der Waals surface area contributed by atoms with E-state index < -0.39 is 6.10 Å². The fourth-order valence-corrected chi connectivity index (χ4v) is 4.37. The van der Waals surface area contributed by atoms with Crippen LogP contribution in [0.5, 0.6) is 11.6 Å². The van der Waals surface area contributed by atoms with Crippen molar-refractivity contribution >= 4 is 17.8 Å². The second kappa shape index (κ2) is 10.7. The minimum atomic E-state index is -0.845. The molecule has 182 valence electrons. The molecule has 2 aliphatic heterocycles. The molecule has 9 nitrogen and oxygen atoms in total. The lowest BCUT2D eigenvalue weighted by molar-refractivity contribution is -0.163. The smallest absolute Gasteiger partial charge is 0.309 e. The molecule has 1 saturated heterocycles. The van der Waals surface area contributed by atoms with Crippen LogP contribution in [0, 0.1) is 11.8 Å². The number of carbonyl (C=O) groups is 2. The highest BCUT2D eigenvalue weighted by Crippen LogP contribution is 2.32. The van der Waals surface area contributed by atoms with Crippen LogP contribution < -0.4 is 19.7 Å². The maximum atomic E-state index is 13.1. The second-order valence-electron chi connectivity index (χ2n) is 9.00. The van der Waals surface area contributed by atoms with Gasteiger partial charge in [-0.25, -0.2) is 4.98 Å². The first kappa shape index (κ1) is 23.8. The number of benzene rings is 1. The normalized spacial score (nSPS) is 19.1. The number of methoxy groups -OCH3 is 1. The molecule has 2 atom stereocenters. The lowest BCUT2D eigenvalue weighted by Crippen LogP contribution is -2.45. The number of nitrogens with one attached hydrogen (secondary N) is 1. The van der Waals surface area contributed by atoms with E-state index in [0.29, 0.717) is 50.8 Å². The summed E-state index contributed by atoms with van der Waals surface area (Å²) in [5.41, 5.74) is 0.947. The van der Waals surface area contributed by atoms with E-state index in [-0.39, 0.29) is 29.8 Å². The van der Waals surface area contributed by atoms with Gasteiger partial charge >= 0.3 is 5.97 Å². The summed E-state index contributed by atoms with van der Waals surface area (Å²) in [4.78, 5) is 36.8. The number of para-hydroxylation sites is 1. The molecule has 4 rings (SSSR count). The van der Waals surface area contributed by atoms with Crippen LogP contribution in [-0.4, -0.2) is 54.8 Å². The molecule has 34 heavy (non-hydrogen) atoms. The number of fused-ring (bicyclic) bond motifs is 1. The van der Waals surface area contributed by atoms with Crippen molar-refractivity contribution in [2.45, 2.75) is 45.3 Å². The summed E-state index contributed by atoms with van der Waals surface area (Å²) in [6.07, 6.45) is 2.71. The van der Waals surface area contributed by atoms with E-state index in [1.165, 1.54) is 0 Å². The molecule has 2 aliphatic rings. The Kier molecular flexibility index (Phi) is 7.49. The SMILES string of the molecule is COc1ccnc(N2CCC(C(=O)O[C@@H](C(=O)N[C@H]3CCOc4ccccc43)C(C)C)CC2)n1. The number of amides is 1. The summed E-state index contributed by atoms with van der Waals surface area (Å²) in [5, 5.41) is 3.07. The van der Waals surface area contributed by atoms with Crippen molar-refractivity contribution in [3.05, 3.63) is 42.1 Å². The number of piperidine rings is 1. The summed E-state index contributed by atoms with van der Waals surface area (Å²) in [5.74, 6) is 0.861. The molecule has 0 unspecified atom stereocenters. The Labute approximate surface area is 199 Å². The first-order chi connectivity index (χ1) is 16.5. The molecule has 9 heteroatoms. The molecule has 0 aliphatic carbocycles. The molecule has 1 amide bonds. The fraction of sp³-hybridized carbons (Fsp3) is 0.520. The zero-order chi connectivity index (χ0) is 24.1. The van der Waals surface area contributed by atoms with Gasteiger partial charge in [0, 0.05) is 37.3 Å². The van der Waals surface area contributed by atoms with Crippen molar-refractivity contribution in [3.8, 4) is 11.6 Å². The first-order valence-corrected chi connectivity index (χ1v) is 11.8. The van der Waals surface area contributed by atoms with E-state index in [1.54, 1.807) is 19.4 Å². The maximum Gasteiger partial charge on any atom is 0.309 e. The van der Waals surface area contributed by atoms with E-state index in [4.69, 9.17) is 14.2 Å². The molecule has 3 heterocycles. The molecule has 0 saturated carbocycles. The van der Waals surface area contributed by atoms with Crippen molar-refractivity contribution < 1.29 is 23.8 Å². The Morgan fingerprint density at radius 2 is 1.91 bits per heavy atom. The van der Waals surface area contributed by atoms with Gasteiger partial charge in [0.15, 0.2) is 6.10 Å². The minimum absolute atomic E-state index is 0.149. The number of ether oxygens (including phenoxy) is 3. The van der Waals surface area contributed by atoms with Gasteiger partial charge in [-0.15, -0.1) is 0 Å². The topological polar surface area (TPSA) is 103 Å². The van der Waals surface area contributed by atoms with Crippen LogP contribution in [0.15, 0.2) is 36.5 Å². The summed E-state index contributed by atoms with van der Waals surface area (Å²) >= 11 is 0. The Balaban J connectivity index is 1.34. The minimum Gasteiger partial charge on any atom is -0.493 e. The average molecular weight is 469 g/mol. The average Bonchev–Trinajstić information content (AvgIpc) is 2.87. The van der Waals surface area contributed by atoms with E-state index in [0.717, 1.165) is 11.3 Å². The summed E-state index contributed by atoms with van der Waals surface area (Å²) in [6, 6.07) is 9.22. The Morgan fingerprint density at radius 3 is 2.65 bits per heavy atom. The molecule has 1 aromatic heterocycles. The zero-order valence-electron chi connectivity index (χ0n) is 19.9. The molecule has 1 aromatic carbocycles. The quantitative estimate of drug-likeness (QED) is 0.619. The van der Waals surface area contributed by atoms with E-state index in [9.17, 15) is 9.59 Å². The van der Waals surface area contributed by atoms with Gasteiger partial charge in [-0.3, -0.25) is 9.59 Å². The number of esters is 1. The first-order valence-electron chi connectivity index (χ1n) is 11.8. The summed E-state index contributed by atoms with van der Waals surface area (Å²) in [6.45, 7) is 5.56. The van der Waals surface area contributed by atoms with Gasteiger partial charge in [0.1, 0.15) is 5.75 Å².